The fourth-order valence-electron chi connectivity index (χ4n) is 4.67. The smallest absolute Gasteiger partial charge is 0.271 e. The minimum absolute atomic E-state index is 0.0768. The minimum Gasteiger partial charge on any atom is -0.467 e. The standard InChI is InChI=1S/C22H25N3O3S/c1-22(21(27)23-15-6-3-2-4-7-15)14-24-17-9-11-29-19(17)12-18(24)20(26)25(22)13-16-8-5-10-28-16/h5,8-12,15H,2-4,6-7,13-14H2,1H3,(H,23,27)/t22-/m1/s1. The Labute approximate surface area is 173 Å². The molecule has 3 aromatic heterocycles. The van der Waals surface area contributed by atoms with Gasteiger partial charge >= 0.3 is 0 Å². The molecule has 1 N–H and O–H groups in total. The Morgan fingerprint density at radius 1 is 1.31 bits per heavy atom. The number of hydrogen-bond acceptors (Lipinski definition) is 4. The molecule has 1 aliphatic carbocycles. The van der Waals surface area contributed by atoms with Crippen LogP contribution < -0.4 is 5.32 Å². The van der Waals surface area contributed by atoms with Gasteiger partial charge in [-0.15, -0.1) is 11.3 Å². The lowest BCUT2D eigenvalue weighted by Gasteiger charge is -2.44. The van der Waals surface area contributed by atoms with E-state index in [1.165, 1.54) is 6.42 Å². The molecule has 29 heavy (non-hydrogen) atoms. The number of furan rings is 1. The van der Waals surface area contributed by atoms with Gasteiger partial charge in [-0.25, -0.2) is 0 Å². The van der Waals surface area contributed by atoms with Gasteiger partial charge in [-0.1, -0.05) is 19.3 Å². The highest BCUT2D eigenvalue weighted by atomic mass is 32.1. The predicted molar refractivity (Wildman–Crippen MR) is 112 cm³/mol. The van der Waals surface area contributed by atoms with Crippen LogP contribution in [0.1, 0.15) is 55.3 Å². The minimum atomic E-state index is -0.984. The molecule has 7 heteroatoms. The van der Waals surface area contributed by atoms with Crippen LogP contribution in [0, 0.1) is 0 Å². The Kier molecular flexibility index (Phi) is 4.50. The first-order valence-corrected chi connectivity index (χ1v) is 11.2. The van der Waals surface area contributed by atoms with Crippen molar-refractivity contribution in [3.05, 3.63) is 47.4 Å². The van der Waals surface area contributed by atoms with Gasteiger partial charge in [0.15, 0.2) is 0 Å². The van der Waals surface area contributed by atoms with Gasteiger partial charge in [-0.05, 0) is 49.4 Å². The largest absolute Gasteiger partial charge is 0.467 e. The summed E-state index contributed by atoms with van der Waals surface area (Å²) in [7, 11) is 0. The van der Waals surface area contributed by atoms with E-state index in [1.807, 2.05) is 41.1 Å². The Morgan fingerprint density at radius 3 is 2.90 bits per heavy atom. The van der Waals surface area contributed by atoms with E-state index < -0.39 is 5.54 Å². The maximum atomic E-state index is 13.5. The summed E-state index contributed by atoms with van der Waals surface area (Å²) < 4.78 is 8.59. The number of rotatable bonds is 4. The van der Waals surface area contributed by atoms with Crippen LogP contribution in [-0.2, 0) is 17.9 Å². The second kappa shape index (κ2) is 7.06. The molecule has 0 saturated heterocycles. The van der Waals surface area contributed by atoms with E-state index in [4.69, 9.17) is 4.42 Å². The molecule has 0 bridgehead atoms. The van der Waals surface area contributed by atoms with Gasteiger partial charge in [-0.3, -0.25) is 9.59 Å². The first-order valence-electron chi connectivity index (χ1n) is 10.3. The number of carbonyl (C=O) groups excluding carboxylic acids is 2. The Balaban J connectivity index is 1.53. The Hall–Kier alpha value is -2.54. The van der Waals surface area contributed by atoms with Crippen LogP contribution in [0.15, 0.2) is 40.3 Å². The van der Waals surface area contributed by atoms with Gasteiger partial charge in [0, 0.05) is 6.04 Å². The van der Waals surface area contributed by atoms with Crippen molar-refractivity contribution in [2.24, 2.45) is 0 Å². The third-order valence-electron chi connectivity index (χ3n) is 6.37. The molecule has 5 rings (SSSR count). The van der Waals surface area contributed by atoms with Gasteiger partial charge in [0.1, 0.15) is 17.0 Å². The summed E-state index contributed by atoms with van der Waals surface area (Å²) >= 11 is 1.62. The van der Waals surface area contributed by atoms with Crippen molar-refractivity contribution in [1.29, 1.82) is 0 Å². The molecule has 6 nitrogen and oxygen atoms in total. The second-order valence-corrected chi connectivity index (χ2v) is 9.29. The summed E-state index contributed by atoms with van der Waals surface area (Å²) in [5.41, 5.74) is 0.677. The molecule has 1 saturated carbocycles. The quantitative estimate of drug-likeness (QED) is 0.701. The molecule has 0 spiro atoms. The average Bonchev–Trinajstić information content (AvgIpc) is 3.45. The molecule has 1 aliphatic heterocycles. The molecular formula is C22H25N3O3S. The maximum Gasteiger partial charge on any atom is 0.271 e. The summed E-state index contributed by atoms with van der Waals surface area (Å²) in [5.74, 6) is 0.473. The molecule has 2 aliphatic rings. The lowest BCUT2D eigenvalue weighted by molar-refractivity contribution is -0.134. The fraction of sp³-hybridized carbons (Fsp3) is 0.455. The summed E-state index contributed by atoms with van der Waals surface area (Å²) in [6.07, 6.45) is 7.15. The molecule has 2 amide bonds. The van der Waals surface area contributed by atoms with E-state index in [2.05, 4.69) is 5.32 Å². The van der Waals surface area contributed by atoms with E-state index in [-0.39, 0.29) is 24.4 Å². The van der Waals surface area contributed by atoms with Crippen LogP contribution in [0.3, 0.4) is 0 Å². The van der Waals surface area contributed by atoms with Crippen LogP contribution in [-0.4, -0.2) is 32.9 Å². The van der Waals surface area contributed by atoms with Gasteiger partial charge in [-0.2, -0.15) is 0 Å². The van der Waals surface area contributed by atoms with Crippen molar-refractivity contribution < 1.29 is 14.0 Å². The number of fused-ring (bicyclic) bond motifs is 3. The van der Waals surface area contributed by atoms with Gasteiger partial charge in [0.2, 0.25) is 5.91 Å². The fourth-order valence-corrected chi connectivity index (χ4v) is 5.49. The van der Waals surface area contributed by atoms with Crippen molar-refractivity contribution >= 4 is 33.4 Å². The molecule has 0 aromatic carbocycles. The van der Waals surface area contributed by atoms with Crippen LogP contribution in [0.5, 0.6) is 0 Å². The number of amides is 2. The van der Waals surface area contributed by atoms with Gasteiger partial charge < -0.3 is 19.2 Å². The molecule has 152 valence electrons. The molecule has 0 unspecified atom stereocenters. The topological polar surface area (TPSA) is 67.5 Å². The third kappa shape index (κ3) is 3.08. The number of nitrogens with zero attached hydrogens (tertiary/aromatic N) is 2. The zero-order chi connectivity index (χ0) is 20.0. The van der Waals surface area contributed by atoms with Crippen LogP contribution in [0.25, 0.3) is 10.2 Å². The lowest BCUT2D eigenvalue weighted by Crippen LogP contribution is -2.64. The zero-order valence-electron chi connectivity index (χ0n) is 16.5. The molecular weight excluding hydrogens is 386 g/mol. The predicted octanol–water partition coefficient (Wildman–Crippen LogP) is 4.16. The summed E-state index contributed by atoms with van der Waals surface area (Å²) in [6.45, 7) is 2.60. The van der Waals surface area contributed by atoms with E-state index >= 15 is 0 Å². The van der Waals surface area contributed by atoms with Crippen molar-refractivity contribution in [3.8, 4) is 0 Å². The number of aromatic nitrogens is 1. The van der Waals surface area contributed by atoms with E-state index in [9.17, 15) is 9.59 Å². The molecule has 0 radical (unpaired) electrons. The van der Waals surface area contributed by atoms with Crippen molar-refractivity contribution in [2.45, 2.75) is 63.7 Å². The molecule has 4 heterocycles. The molecule has 1 fully saturated rings. The van der Waals surface area contributed by atoms with E-state index in [0.29, 0.717) is 18.0 Å². The van der Waals surface area contributed by atoms with E-state index in [1.54, 1.807) is 22.5 Å². The average molecular weight is 412 g/mol. The van der Waals surface area contributed by atoms with Crippen molar-refractivity contribution in [2.75, 3.05) is 0 Å². The Morgan fingerprint density at radius 2 is 2.14 bits per heavy atom. The first-order chi connectivity index (χ1) is 14.1. The highest BCUT2D eigenvalue weighted by molar-refractivity contribution is 7.17. The van der Waals surface area contributed by atoms with Crippen LogP contribution >= 0.6 is 11.3 Å². The van der Waals surface area contributed by atoms with Crippen molar-refractivity contribution in [3.63, 3.8) is 0 Å². The highest BCUT2D eigenvalue weighted by Gasteiger charge is 2.48. The van der Waals surface area contributed by atoms with E-state index in [0.717, 1.165) is 35.9 Å². The van der Waals surface area contributed by atoms with Crippen LogP contribution in [0.4, 0.5) is 0 Å². The van der Waals surface area contributed by atoms with Gasteiger partial charge in [0.05, 0.1) is 29.6 Å². The monoisotopic (exact) mass is 411 g/mol. The Bertz CT molecular complexity index is 1040. The number of hydrogen-bond donors (Lipinski definition) is 1. The number of thiophene rings is 1. The van der Waals surface area contributed by atoms with Crippen molar-refractivity contribution in [1.82, 2.24) is 14.8 Å². The maximum absolute atomic E-state index is 13.5. The lowest BCUT2D eigenvalue weighted by atomic mass is 9.91. The molecule has 3 aromatic rings. The summed E-state index contributed by atoms with van der Waals surface area (Å²) in [5, 5.41) is 5.27. The zero-order valence-corrected chi connectivity index (χ0v) is 17.3. The SMILES string of the molecule is C[C@]1(C(=O)NC2CCCCC2)Cn2c(cc3sccc32)C(=O)N1Cc1ccco1. The normalized spacial score (nSPS) is 22.8. The first kappa shape index (κ1) is 18.5. The van der Waals surface area contributed by atoms with Gasteiger partial charge in [0.25, 0.3) is 5.91 Å². The number of carbonyl (C=O) groups is 2. The second-order valence-electron chi connectivity index (χ2n) is 8.34. The number of nitrogens with one attached hydrogen (secondary N) is 1. The summed E-state index contributed by atoms with van der Waals surface area (Å²) in [4.78, 5) is 28.7. The van der Waals surface area contributed by atoms with Crippen LogP contribution in [0.2, 0.25) is 0 Å². The molecule has 1 atom stereocenters. The summed E-state index contributed by atoms with van der Waals surface area (Å²) in [6, 6.07) is 7.82. The highest BCUT2D eigenvalue weighted by Crippen LogP contribution is 2.35. The third-order valence-corrected chi connectivity index (χ3v) is 7.23.